The lowest BCUT2D eigenvalue weighted by atomic mass is 10.4. The summed E-state index contributed by atoms with van der Waals surface area (Å²) in [7, 11) is -17.6. The van der Waals surface area contributed by atoms with Crippen molar-refractivity contribution in [3.05, 3.63) is 109 Å². The minimum atomic E-state index is -4.86. The topological polar surface area (TPSA) is 137 Å². The van der Waals surface area contributed by atoms with Gasteiger partial charge in [-0.15, -0.1) is 0 Å². The summed E-state index contributed by atoms with van der Waals surface area (Å²) in [5.41, 5.74) is 0. The predicted molar refractivity (Wildman–Crippen MR) is 131 cm³/mol. The highest BCUT2D eigenvalue weighted by Crippen LogP contribution is 2.28. The summed E-state index contributed by atoms with van der Waals surface area (Å²) < 4.78 is 102. The van der Waals surface area contributed by atoms with Crippen LogP contribution < -0.4 is 0 Å². The quantitative estimate of drug-likeness (QED) is 0.312. The minimum Gasteiger partial charge on any atom is -0.219 e. The number of rotatable bonds is 7. The van der Waals surface area contributed by atoms with Gasteiger partial charge >= 0.3 is 0 Å². The van der Waals surface area contributed by atoms with Crippen molar-refractivity contribution in [2.24, 2.45) is 0 Å². The van der Waals surface area contributed by atoms with E-state index in [4.69, 9.17) is 0 Å². The first-order valence-corrected chi connectivity index (χ1v) is 16.6. The third kappa shape index (κ3) is 4.48. The van der Waals surface area contributed by atoms with Crippen molar-refractivity contribution >= 4 is 37.4 Å². The van der Waals surface area contributed by atoms with E-state index in [2.05, 4.69) is 0 Å². The Kier molecular flexibility index (Phi) is 6.64. The van der Waals surface area contributed by atoms with E-state index in [9.17, 15) is 33.7 Å². The van der Waals surface area contributed by atoms with Crippen LogP contribution in [0, 0.1) is 0 Å². The van der Waals surface area contributed by atoms with E-state index >= 15 is 0 Å². The average molecular weight is 563 g/mol. The Morgan fingerprint density at radius 3 is 0.833 bits per heavy atom. The Morgan fingerprint density at radius 1 is 0.278 bits per heavy atom. The summed E-state index contributed by atoms with van der Waals surface area (Å²) in [5.74, 6) is 0. The summed E-state index contributed by atoms with van der Waals surface area (Å²) in [6, 6.07) is 22.6. The molecule has 0 aliphatic carbocycles. The summed E-state index contributed by atoms with van der Waals surface area (Å²) in [5, 5.41) is 0. The van der Waals surface area contributed by atoms with E-state index in [1.54, 1.807) is 18.2 Å². The van der Waals surface area contributed by atoms with Crippen molar-refractivity contribution in [2.45, 2.75) is 29.4 Å². The highest BCUT2D eigenvalue weighted by atomic mass is 33.2. The van der Waals surface area contributed by atoms with Crippen molar-refractivity contribution in [3.63, 3.8) is 0 Å². The van der Waals surface area contributed by atoms with Gasteiger partial charge in [0.05, 0.1) is 29.4 Å². The molecule has 0 heterocycles. The first kappa shape index (κ1) is 25.8. The summed E-state index contributed by atoms with van der Waals surface area (Å²) in [6.07, 6.45) is 0. The maximum Gasteiger partial charge on any atom is 0.286 e. The molecule has 4 rings (SSSR count). The second kappa shape index (κ2) is 9.28. The van der Waals surface area contributed by atoms with E-state index in [0.29, 0.717) is 0 Å². The molecule has 0 fully saturated rings. The smallest absolute Gasteiger partial charge is 0.219 e. The molecule has 0 aliphatic rings. The Bertz CT molecular complexity index is 1830. The predicted octanol–water partition coefficient (Wildman–Crippen LogP) is 3.51. The fourth-order valence-electron chi connectivity index (χ4n) is 3.30. The third-order valence-corrected chi connectivity index (χ3v) is 14.0. The highest BCUT2D eigenvalue weighted by Gasteiger charge is 2.34. The number of benzene rings is 4. The molecule has 0 spiro atoms. The zero-order valence-corrected chi connectivity index (χ0v) is 21.6. The average Bonchev–Trinajstić information content (AvgIpc) is 2.89. The van der Waals surface area contributed by atoms with Crippen molar-refractivity contribution in [1.82, 2.24) is 0 Å². The monoisotopic (exact) mass is 562 g/mol. The number of hydrogen-bond donors (Lipinski definition) is 0. The second-order valence-electron chi connectivity index (χ2n) is 7.48. The molecule has 0 saturated carbocycles. The lowest BCUT2D eigenvalue weighted by molar-refractivity contribution is 0.582. The summed E-state index contributed by atoms with van der Waals surface area (Å²) in [6.45, 7) is 0. The molecule has 0 radical (unpaired) electrons. The number of hydrogen-bond acceptors (Lipinski definition) is 8. The molecule has 0 bridgehead atoms. The Balaban J connectivity index is 1.65. The van der Waals surface area contributed by atoms with Gasteiger partial charge in [0, 0.05) is 0 Å². The molecule has 0 aliphatic heterocycles. The lowest BCUT2D eigenvalue weighted by Crippen LogP contribution is -2.16. The van der Waals surface area contributed by atoms with Crippen LogP contribution in [0.2, 0.25) is 0 Å². The maximum absolute atomic E-state index is 13.0. The van der Waals surface area contributed by atoms with Crippen LogP contribution in [0.5, 0.6) is 0 Å². The van der Waals surface area contributed by atoms with Gasteiger partial charge in [0.25, 0.3) is 17.7 Å². The molecular weight excluding hydrogens is 545 g/mol. The zero-order chi connectivity index (χ0) is 26.2. The maximum atomic E-state index is 13.0. The first-order chi connectivity index (χ1) is 16.9. The molecule has 0 amide bonds. The highest BCUT2D eigenvalue weighted by molar-refractivity contribution is 8.67. The van der Waals surface area contributed by atoms with E-state index in [0.717, 1.165) is 48.5 Å². The van der Waals surface area contributed by atoms with Gasteiger partial charge in [-0.05, 0) is 72.8 Å². The SMILES string of the molecule is O=S(=O)(c1ccccc1)c1ccc(S(=O)(=O)c2ccc(S(=O)(=O)S(=O)(=O)c3ccccc3)cc2)cc1. The van der Waals surface area contributed by atoms with E-state index in [1.807, 2.05) is 0 Å². The van der Waals surface area contributed by atoms with Crippen molar-refractivity contribution in [1.29, 1.82) is 0 Å². The molecule has 8 nitrogen and oxygen atoms in total. The van der Waals surface area contributed by atoms with Gasteiger partial charge in [-0.2, -0.15) is 0 Å². The third-order valence-electron chi connectivity index (χ3n) is 5.24. The second-order valence-corrected chi connectivity index (χ2v) is 16.8. The molecular formula is C24H18O8S4. The molecule has 186 valence electrons. The Morgan fingerprint density at radius 2 is 0.500 bits per heavy atom. The van der Waals surface area contributed by atoms with Gasteiger partial charge in [-0.1, -0.05) is 36.4 Å². The van der Waals surface area contributed by atoms with Gasteiger partial charge < -0.3 is 0 Å². The van der Waals surface area contributed by atoms with Crippen LogP contribution in [0.4, 0.5) is 0 Å². The van der Waals surface area contributed by atoms with Gasteiger partial charge in [0.1, 0.15) is 0 Å². The summed E-state index contributed by atoms with van der Waals surface area (Å²) >= 11 is 0. The summed E-state index contributed by atoms with van der Waals surface area (Å²) in [4.78, 5) is -1.55. The molecule has 0 N–H and O–H groups in total. The lowest BCUT2D eigenvalue weighted by Gasteiger charge is -2.09. The van der Waals surface area contributed by atoms with Crippen LogP contribution in [0.15, 0.2) is 139 Å². The molecule has 0 saturated heterocycles. The van der Waals surface area contributed by atoms with Gasteiger partial charge in [0.2, 0.25) is 19.7 Å². The van der Waals surface area contributed by atoms with Gasteiger partial charge in [0.15, 0.2) is 0 Å². The van der Waals surface area contributed by atoms with E-state index in [1.165, 1.54) is 42.5 Å². The largest absolute Gasteiger partial charge is 0.286 e. The van der Waals surface area contributed by atoms with Gasteiger partial charge in [-0.25, -0.2) is 33.7 Å². The normalized spacial score (nSPS) is 12.8. The van der Waals surface area contributed by atoms with E-state index < -0.39 is 47.2 Å². The van der Waals surface area contributed by atoms with Crippen LogP contribution in [-0.4, -0.2) is 33.7 Å². The van der Waals surface area contributed by atoms with Crippen LogP contribution in [0.1, 0.15) is 0 Å². The Labute approximate surface area is 209 Å². The fraction of sp³-hybridized carbons (Fsp3) is 0. The van der Waals surface area contributed by atoms with Crippen molar-refractivity contribution in [3.8, 4) is 0 Å². The van der Waals surface area contributed by atoms with Crippen molar-refractivity contribution < 1.29 is 33.7 Å². The molecule has 0 unspecified atom stereocenters. The zero-order valence-electron chi connectivity index (χ0n) is 18.3. The molecule has 4 aromatic carbocycles. The minimum absolute atomic E-state index is 0.0582. The molecule has 12 heteroatoms. The van der Waals surface area contributed by atoms with Crippen LogP contribution >= 0.6 is 0 Å². The molecule has 36 heavy (non-hydrogen) atoms. The van der Waals surface area contributed by atoms with E-state index in [-0.39, 0.29) is 19.6 Å². The molecule has 0 aromatic heterocycles. The van der Waals surface area contributed by atoms with Crippen molar-refractivity contribution in [2.75, 3.05) is 0 Å². The van der Waals surface area contributed by atoms with Gasteiger partial charge in [-0.3, -0.25) is 0 Å². The first-order valence-electron chi connectivity index (χ1n) is 10.2. The van der Waals surface area contributed by atoms with Crippen LogP contribution in [-0.2, 0) is 37.4 Å². The standard InChI is InChI=1S/C24H18O8S4/c25-33(26,19-7-3-1-4-8-19)20-11-13-21(14-12-20)34(27,28)22-15-17-24(18-16-22)36(31,32)35(29,30)23-9-5-2-6-10-23/h1-18H. The van der Waals surface area contributed by atoms with Crippen LogP contribution in [0.3, 0.4) is 0 Å². The molecule has 0 atom stereocenters. The number of sulfone groups is 2. The fourth-order valence-corrected chi connectivity index (χ4v) is 9.49. The van der Waals surface area contributed by atoms with Crippen LogP contribution in [0.25, 0.3) is 0 Å². The molecule has 4 aromatic rings. The Hall–Kier alpha value is -3.32.